The number of pyridine rings is 1. The maximum absolute atomic E-state index is 13.1. The van der Waals surface area contributed by atoms with Crippen LogP contribution in [0.3, 0.4) is 0 Å². The first-order valence-electron chi connectivity index (χ1n) is 6.51. The van der Waals surface area contributed by atoms with Gasteiger partial charge in [0.05, 0.1) is 0 Å². The number of hydrogen-bond donors (Lipinski definition) is 1. The molecule has 0 atom stereocenters. The minimum absolute atomic E-state index is 0.260. The van der Waals surface area contributed by atoms with Gasteiger partial charge in [-0.1, -0.05) is 32.0 Å². The van der Waals surface area contributed by atoms with Crippen LogP contribution >= 0.6 is 0 Å². The van der Waals surface area contributed by atoms with Crippen LogP contribution in [0.2, 0.25) is 0 Å². The maximum atomic E-state index is 13.1. The number of amides is 1. The lowest BCUT2D eigenvalue weighted by molar-refractivity contribution is 0.102. The van der Waals surface area contributed by atoms with Gasteiger partial charge < -0.3 is 5.32 Å². The number of anilines is 1. The van der Waals surface area contributed by atoms with Crippen LogP contribution in [0.5, 0.6) is 0 Å². The summed E-state index contributed by atoms with van der Waals surface area (Å²) in [6.07, 6.45) is 1.28. The highest BCUT2D eigenvalue weighted by Crippen LogP contribution is 2.27. The Bertz CT molecular complexity index is 638. The van der Waals surface area contributed by atoms with Crippen molar-refractivity contribution in [3.63, 3.8) is 0 Å². The Balaban J connectivity index is 2.33. The van der Waals surface area contributed by atoms with Crippen molar-refractivity contribution in [1.82, 2.24) is 4.98 Å². The topological polar surface area (TPSA) is 42.0 Å². The molecule has 1 heterocycles. The highest BCUT2D eigenvalue weighted by Gasteiger charge is 2.13. The van der Waals surface area contributed by atoms with Gasteiger partial charge >= 0.3 is 0 Å². The van der Waals surface area contributed by atoms with E-state index in [0.29, 0.717) is 5.92 Å². The van der Waals surface area contributed by atoms with E-state index in [1.807, 2.05) is 25.1 Å². The molecule has 0 spiro atoms. The first-order valence-corrected chi connectivity index (χ1v) is 6.51. The predicted octanol–water partition coefficient (Wildman–Crippen LogP) is 3.90. The van der Waals surface area contributed by atoms with Crippen LogP contribution < -0.4 is 5.32 Å². The van der Waals surface area contributed by atoms with Gasteiger partial charge in [-0.3, -0.25) is 4.79 Å². The van der Waals surface area contributed by atoms with E-state index in [4.69, 9.17) is 0 Å². The molecule has 0 saturated heterocycles. The Kier molecular flexibility index (Phi) is 4.13. The smallest absolute Gasteiger partial charge is 0.255 e. The summed E-state index contributed by atoms with van der Waals surface area (Å²) in [5.41, 5.74) is 3.10. The number of halogens is 1. The largest absolute Gasteiger partial charge is 0.321 e. The summed E-state index contributed by atoms with van der Waals surface area (Å²) >= 11 is 0. The van der Waals surface area contributed by atoms with Crippen molar-refractivity contribution in [1.29, 1.82) is 0 Å². The molecular weight excluding hydrogens is 255 g/mol. The van der Waals surface area contributed by atoms with Gasteiger partial charge in [-0.25, -0.2) is 4.98 Å². The zero-order chi connectivity index (χ0) is 14.7. The fourth-order valence-corrected chi connectivity index (χ4v) is 2.07. The van der Waals surface area contributed by atoms with Crippen LogP contribution in [0.25, 0.3) is 0 Å². The maximum Gasteiger partial charge on any atom is 0.255 e. The molecule has 1 aromatic carbocycles. The number of carbonyl (C=O) groups is 1. The minimum Gasteiger partial charge on any atom is -0.321 e. The van der Waals surface area contributed by atoms with Gasteiger partial charge in [0.2, 0.25) is 5.95 Å². The highest BCUT2D eigenvalue weighted by molar-refractivity contribution is 6.05. The fourth-order valence-electron chi connectivity index (χ4n) is 2.07. The van der Waals surface area contributed by atoms with Crippen molar-refractivity contribution in [2.75, 3.05) is 5.32 Å². The second-order valence-electron chi connectivity index (χ2n) is 5.02. The fraction of sp³-hybridized carbons (Fsp3) is 0.250. The molecular formula is C16H17FN2O. The van der Waals surface area contributed by atoms with Gasteiger partial charge in [-0.05, 0) is 30.0 Å². The Hall–Kier alpha value is -2.23. The molecule has 0 fully saturated rings. The van der Waals surface area contributed by atoms with Crippen LogP contribution in [-0.4, -0.2) is 10.9 Å². The van der Waals surface area contributed by atoms with Crippen molar-refractivity contribution in [3.8, 4) is 0 Å². The summed E-state index contributed by atoms with van der Waals surface area (Å²) in [5.74, 6) is -0.701. The van der Waals surface area contributed by atoms with E-state index in [9.17, 15) is 9.18 Å². The molecule has 104 valence electrons. The van der Waals surface area contributed by atoms with Crippen LogP contribution in [0.1, 0.15) is 41.3 Å². The summed E-state index contributed by atoms with van der Waals surface area (Å²) < 4.78 is 13.1. The molecule has 2 aromatic rings. The number of benzene rings is 1. The van der Waals surface area contributed by atoms with Crippen molar-refractivity contribution in [2.24, 2.45) is 0 Å². The summed E-state index contributed by atoms with van der Waals surface area (Å²) in [5, 5.41) is 2.87. The molecule has 0 aliphatic rings. The molecule has 1 N–H and O–H groups in total. The van der Waals surface area contributed by atoms with Gasteiger partial charge in [0, 0.05) is 23.5 Å². The van der Waals surface area contributed by atoms with Gasteiger partial charge in [0.15, 0.2) is 0 Å². The zero-order valence-electron chi connectivity index (χ0n) is 11.8. The molecule has 0 radical (unpaired) electrons. The molecule has 0 unspecified atom stereocenters. The van der Waals surface area contributed by atoms with Gasteiger partial charge in [0.25, 0.3) is 5.91 Å². The lowest BCUT2D eigenvalue weighted by Gasteiger charge is -2.16. The summed E-state index contributed by atoms with van der Waals surface area (Å²) in [6.45, 7) is 6.07. The van der Waals surface area contributed by atoms with Crippen molar-refractivity contribution >= 4 is 11.6 Å². The average Bonchev–Trinajstić information content (AvgIpc) is 2.40. The average molecular weight is 272 g/mol. The monoisotopic (exact) mass is 272 g/mol. The molecule has 1 amide bonds. The number of carbonyl (C=O) groups excluding carboxylic acids is 1. The van der Waals surface area contributed by atoms with Crippen molar-refractivity contribution in [2.45, 2.75) is 26.7 Å². The molecule has 0 saturated carbocycles. The van der Waals surface area contributed by atoms with E-state index in [-0.39, 0.29) is 11.5 Å². The second kappa shape index (κ2) is 5.82. The van der Waals surface area contributed by atoms with E-state index < -0.39 is 5.95 Å². The second-order valence-corrected chi connectivity index (χ2v) is 5.02. The normalized spacial score (nSPS) is 10.7. The lowest BCUT2D eigenvalue weighted by Crippen LogP contribution is -2.15. The zero-order valence-corrected chi connectivity index (χ0v) is 11.8. The molecule has 3 nitrogen and oxygen atoms in total. The number of aromatic nitrogens is 1. The number of nitrogens with zero attached hydrogens (tertiary/aromatic N) is 1. The van der Waals surface area contributed by atoms with Gasteiger partial charge in [-0.15, -0.1) is 0 Å². The molecule has 1 aromatic heterocycles. The molecule has 4 heteroatoms. The van der Waals surface area contributed by atoms with Gasteiger partial charge in [0.1, 0.15) is 0 Å². The number of hydrogen-bond acceptors (Lipinski definition) is 2. The Morgan fingerprint density at radius 1 is 1.30 bits per heavy atom. The minimum atomic E-state index is -0.661. The third kappa shape index (κ3) is 3.02. The lowest BCUT2D eigenvalue weighted by atomic mass is 9.98. The quantitative estimate of drug-likeness (QED) is 0.861. The number of para-hydroxylation sites is 1. The van der Waals surface area contributed by atoms with Gasteiger partial charge in [-0.2, -0.15) is 4.39 Å². The van der Waals surface area contributed by atoms with E-state index >= 15 is 0 Å². The molecule has 0 aliphatic heterocycles. The highest BCUT2D eigenvalue weighted by atomic mass is 19.1. The van der Waals surface area contributed by atoms with E-state index in [0.717, 1.165) is 22.9 Å². The van der Waals surface area contributed by atoms with E-state index in [2.05, 4.69) is 24.1 Å². The predicted molar refractivity (Wildman–Crippen MR) is 77.4 cm³/mol. The number of nitrogens with one attached hydrogen (secondary N) is 1. The molecule has 2 rings (SSSR count). The Labute approximate surface area is 117 Å². The number of aryl methyl sites for hydroxylation is 1. The van der Waals surface area contributed by atoms with Crippen LogP contribution in [0, 0.1) is 12.9 Å². The Morgan fingerprint density at radius 2 is 2.05 bits per heavy atom. The summed E-state index contributed by atoms with van der Waals surface area (Å²) in [4.78, 5) is 15.6. The van der Waals surface area contributed by atoms with Crippen LogP contribution in [-0.2, 0) is 0 Å². The summed E-state index contributed by atoms with van der Waals surface area (Å²) in [6, 6.07) is 8.51. The molecule has 20 heavy (non-hydrogen) atoms. The molecule has 0 bridgehead atoms. The third-order valence-corrected chi connectivity index (χ3v) is 3.15. The standard InChI is InChI=1S/C16H17FN2O/c1-10(2)13-6-4-5-11(3)15(13)19-16(20)12-7-8-18-14(17)9-12/h4-10H,1-3H3,(H,19,20). The van der Waals surface area contributed by atoms with E-state index in [1.54, 1.807) is 0 Å². The SMILES string of the molecule is Cc1cccc(C(C)C)c1NC(=O)c1ccnc(F)c1. The Morgan fingerprint density at radius 3 is 2.70 bits per heavy atom. The van der Waals surface area contributed by atoms with Crippen LogP contribution in [0.15, 0.2) is 36.5 Å². The van der Waals surface area contributed by atoms with Crippen LogP contribution in [0.4, 0.5) is 10.1 Å². The first-order chi connectivity index (χ1) is 9.49. The first kappa shape index (κ1) is 14.2. The van der Waals surface area contributed by atoms with E-state index in [1.165, 1.54) is 12.3 Å². The summed E-state index contributed by atoms with van der Waals surface area (Å²) in [7, 11) is 0. The third-order valence-electron chi connectivity index (χ3n) is 3.15. The van der Waals surface area contributed by atoms with Crippen molar-refractivity contribution < 1.29 is 9.18 Å². The van der Waals surface area contributed by atoms with Crippen molar-refractivity contribution in [3.05, 3.63) is 59.2 Å². The number of rotatable bonds is 3. The molecule has 0 aliphatic carbocycles.